The summed E-state index contributed by atoms with van der Waals surface area (Å²) in [6.45, 7) is 33.4. The molecular weight excluding hydrogens is 659 g/mol. The van der Waals surface area contributed by atoms with Gasteiger partial charge in [-0.25, -0.2) is 0 Å². The van der Waals surface area contributed by atoms with Crippen molar-refractivity contribution in [1.82, 2.24) is 0 Å². The highest BCUT2D eigenvalue weighted by molar-refractivity contribution is 6.30. The molecule has 1 unspecified atom stereocenters. The Morgan fingerprint density at radius 3 is 1.85 bits per heavy atom. The number of hydrogen-bond acceptors (Lipinski definition) is 3. The number of rotatable bonds is 4. The van der Waals surface area contributed by atoms with E-state index in [-0.39, 0.29) is 39.1 Å². The number of nitrogens with zero attached hydrogens (tertiary/aromatic N) is 1. The molecule has 3 aromatic carbocycles. The molecule has 0 radical (unpaired) electrons. The summed E-state index contributed by atoms with van der Waals surface area (Å²) in [5, 5.41) is 14.8. The monoisotopic (exact) mass is 719 g/mol. The number of fused-ring (bicyclic) bond motifs is 4. The van der Waals surface area contributed by atoms with Crippen molar-refractivity contribution in [1.29, 1.82) is 0 Å². The molecule has 3 heteroatoms. The number of benzene rings is 3. The van der Waals surface area contributed by atoms with Crippen molar-refractivity contribution in [3.8, 4) is 0 Å². The molecule has 1 N–H and O–H groups in total. The van der Waals surface area contributed by atoms with Crippen LogP contribution in [0.2, 0.25) is 0 Å². The van der Waals surface area contributed by atoms with Crippen LogP contribution in [0.1, 0.15) is 168 Å². The average molecular weight is 720 g/mol. The van der Waals surface area contributed by atoms with E-state index in [4.69, 9.17) is 4.99 Å². The van der Waals surface area contributed by atoms with E-state index in [1.54, 1.807) is 0 Å². The van der Waals surface area contributed by atoms with Crippen LogP contribution in [0.15, 0.2) is 87.3 Å². The lowest BCUT2D eigenvalue weighted by molar-refractivity contribution is -0.113. The molecule has 54 heavy (non-hydrogen) atoms. The maximum atomic E-state index is 14.8. The fourth-order valence-corrected chi connectivity index (χ4v) is 8.84. The van der Waals surface area contributed by atoms with Crippen LogP contribution in [0.5, 0.6) is 0 Å². The first-order valence-corrected chi connectivity index (χ1v) is 20.0. The van der Waals surface area contributed by atoms with E-state index < -0.39 is 0 Å². The number of carbonyl (C=O) groups excluding carboxylic acids is 1. The number of aliphatic hydroxyl groups excluding tert-OH is 1. The van der Waals surface area contributed by atoms with Gasteiger partial charge >= 0.3 is 0 Å². The third-order valence-electron chi connectivity index (χ3n) is 11.9. The summed E-state index contributed by atoms with van der Waals surface area (Å²) in [6.07, 6.45) is 4.75. The maximum Gasteiger partial charge on any atom is 0.202 e. The molecule has 0 spiro atoms. The number of ketones is 1. The van der Waals surface area contributed by atoms with Crippen LogP contribution in [-0.4, -0.2) is 16.6 Å². The number of aliphatic imine (C=N–C) groups is 1. The van der Waals surface area contributed by atoms with Crippen molar-refractivity contribution < 1.29 is 9.90 Å². The quantitative estimate of drug-likeness (QED) is 0.216. The summed E-state index contributed by atoms with van der Waals surface area (Å²) < 4.78 is 0. The normalized spacial score (nSPS) is 20.4. The van der Waals surface area contributed by atoms with E-state index in [0.717, 1.165) is 29.7 Å². The van der Waals surface area contributed by atoms with Gasteiger partial charge in [-0.3, -0.25) is 9.79 Å². The van der Waals surface area contributed by atoms with Gasteiger partial charge in [0.2, 0.25) is 5.78 Å². The van der Waals surface area contributed by atoms with Crippen LogP contribution in [0.3, 0.4) is 0 Å². The van der Waals surface area contributed by atoms with E-state index in [2.05, 4.69) is 139 Å². The maximum absolute atomic E-state index is 14.8. The van der Waals surface area contributed by atoms with Gasteiger partial charge in [0.25, 0.3) is 0 Å². The van der Waals surface area contributed by atoms with Crippen LogP contribution in [0.4, 0.5) is 0 Å². The van der Waals surface area contributed by atoms with E-state index in [0.29, 0.717) is 23.3 Å². The van der Waals surface area contributed by atoms with E-state index in [1.807, 2.05) is 13.8 Å². The SMILES string of the molecule is CC(C)=NC(=C1C(=O)C(C2=C3C(=C(C)C2)c2cc(C(C)(C)C)cc4cc(C(C)(C)C)cc3c24)=C1O)C1C/C(=C/CC(C)(C)C)c2ccc(C(C)(C)C)cc21. The second kappa shape index (κ2) is 12.4. The molecule has 0 aromatic heterocycles. The van der Waals surface area contributed by atoms with Gasteiger partial charge in [-0.1, -0.05) is 125 Å². The topological polar surface area (TPSA) is 49.7 Å². The van der Waals surface area contributed by atoms with Crippen LogP contribution in [0.25, 0.3) is 27.5 Å². The molecule has 4 aliphatic rings. The number of allylic oxidation sites excluding steroid dienone is 9. The minimum atomic E-state index is -0.127. The summed E-state index contributed by atoms with van der Waals surface area (Å²) >= 11 is 0. The molecule has 0 amide bonds. The summed E-state index contributed by atoms with van der Waals surface area (Å²) in [7, 11) is 0. The highest BCUT2D eigenvalue weighted by Crippen LogP contribution is 2.59. The molecule has 282 valence electrons. The lowest BCUT2D eigenvalue weighted by Gasteiger charge is -2.28. The van der Waals surface area contributed by atoms with Crippen molar-refractivity contribution in [2.75, 3.05) is 0 Å². The number of aliphatic hydroxyl groups is 1. The predicted octanol–water partition coefficient (Wildman–Crippen LogP) is 13.8. The molecular formula is C51H61NO2. The van der Waals surface area contributed by atoms with Gasteiger partial charge in [-0.15, -0.1) is 0 Å². The predicted molar refractivity (Wildman–Crippen MR) is 230 cm³/mol. The van der Waals surface area contributed by atoms with Gasteiger partial charge in [-0.2, -0.15) is 0 Å². The van der Waals surface area contributed by atoms with E-state index in [1.165, 1.54) is 66.4 Å². The molecule has 0 bridgehead atoms. The minimum Gasteiger partial charge on any atom is -0.506 e. The smallest absolute Gasteiger partial charge is 0.202 e. The van der Waals surface area contributed by atoms with Crippen LogP contribution in [0, 0.1) is 5.41 Å². The Morgan fingerprint density at radius 1 is 0.759 bits per heavy atom. The second-order valence-corrected chi connectivity index (χ2v) is 21.0. The second-order valence-electron chi connectivity index (χ2n) is 21.0. The van der Waals surface area contributed by atoms with Crippen molar-refractivity contribution in [2.45, 2.75) is 145 Å². The highest BCUT2D eigenvalue weighted by atomic mass is 16.3. The zero-order valence-corrected chi connectivity index (χ0v) is 35.6. The molecule has 1 atom stereocenters. The average Bonchev–Trinajstić information content (AvgIpc) is 3.68. The Hall–Kier alpha value is -4.24. The lowest BCUT2D eigenvalue weighted by Crippen LogP contribution is -2.27. The van der Waals surface area contributed by atoms with Gasteiger partial charge < -0.3 is 5.11 Å². The van der Waals surface area contributed by atoms with Gasteiger partial charge in [0, 0.05) is 11.6 Å². The zero-order valence-electron chi connectivity index (χ0n) is 35.6. The van der Waals surface area contributed by atoms with Gasteiger partial charge in [-0.05, 0) is 146 Å². The molecule has 3 aromatic rings. The highest BCUT2D eigenvalue weighted by Gasteiger charge is 2.46. The third kappa shape index (κ3) is 6.30. The van der Waals surface area contributed by atoms with Crippen LogP contribution < -0.4 is 0 Å². The first-order chi connectivity index (χ1) is 24.9. The zero-order chi connectivity index (χ0) is 39.6. The van der Waals surface area contributed by atoms with Crippen molar-refractivity contribution in [2.24, 2.45) is 10.4 Å². The standard InChI is InChI=1S/C51H61NO2/c1-27(2)52-45(36-23-29(18-19-48(4,5)6)34-17-16-31(24-35(34)36)49(7,8)9)44-46(53)43(47(44)54)37-20-28(3)40-38-25-32(50(10,11)12)21-30-22-33(51(13,14)15)26-39(41(30)38)42(37)40/h16-18,21-22,24-26,36,53H,19-20,23H2,1-15H3/b29-18-,45-44?. The Kier molecular flexibility index (Phi) is 8.73. The first-order valence-electron chi connectivity index (χ1n) is 20.0. The molecule has 3 nitrogen and oxygen atoms in total. The fourth-order valence-electron chi connectivity index (χ4n) is 8.84. The van der Waals surface area contributed by atoms with Crippen molar-refractivity contribution in [3.05, 3.63) is 121 Å². The van der Waals surface area contributed by atoms with E-state index in [9.17, 15) is 9.90 Å². The Bertz CT molecular complexity index is 2360. The van der Waals surface area contributed by atoms with Crippen LogP contribution in [-0.2, 0) is 21.0 Å². The molecule has 7 rings (SSSR count). The fraction of sp³-hybridized carbons (Fsp3) is 0.451. The minimum absolute atomic E-state index is 0.0159. The largest absolute Gasteiger partial charge is 0.506 e. The molecule has 0 saturated carbocycles. The Labute approximate surface area is 324 Å². The number of Topliss-reactive ketones (excluding diaryl/α,β-unsaturated/α-hetero) is 1. The molecule has 0 heterocycles. The molecule has 4 aliphatic carbocycles. The molecule has 0 aliphatic heterocycles. The molecule has 0 fully saturated rings. The molecule has 0 saturated heterocycles. The Morgan fingerprint density at radius 2 is 1.33 bits per heavy atom. The third-order valence-corrected chi connectivity index (χ3v) is 11.9. The summed E-state index contributed by atoms with van der Waals surface area (Å²) in [4.78, 5) is 19.9. The van der Waals surface area contributed by atoms with Crippen molar-refractivity contribution >= 4 is 39.0 Å². The Balaban J connectivity index is 1.44. The van der Waals surface area contributed by atoms with Gasteiger partial charge in [0.1, 0.15) is 5.76 Å². The van der Waals surface area contributed by atoms with Gasteiger partial charge in [0.05, 0.1) is 16.8 Å². The lowest BCUT2D eigenvalue weighted by atomic mass is 9.76. The number of hydrogen-bond donors (Lipinski definition) is 1. The summed E-state index contributed by atoms with van der Waals surface area (Å²) in [5.41, 5.74) is 17.1. The summed E-state index contributed by atoms with van der Waals surface area (Å²) in [6, 6.07) is 16.3. The number of carbonyl (C=O) groups is 1. The summed E-state index contributed by atoms with van der Waals surface area (Å²) in [5.74, 6) is -0.108. The first kappa shape index (κ1) is 38.1. The van der Waals surface area contributed by atoms with Crippen LogP contribution >= 0.6 is 0 Å². The van der Waals surface area contributed by atoms with E-state index >= 15 is 0 Å². The van der Waals surface area contributed by atoms with Gasteiger partial charge in [0.15, 0.2) is 0 Å². The van der Waals surface area contributed by atoms with Crippen molar-refractivity contribution in [3.63, 3.8) is 0 Å².